The number of nitrogens with zero attached hydrogens (tertiary/aromatic N) is 2. The summed E-state index contributed by atoms with van der Waals surface area (Å²) in [7, 11) is 3.40. The van der Waals surface area contributed by atoms with Gasteiger partial charge in [-0.1, -0.05) is 6.92 Å². The number of amides is 2. The van der Waals surface area contributed by atoms with Gasteiger partial charge in [0.1, 0.15) is 0 Å². The van der Waals surface area contributed by atoms with E-state index >= 15 is 0 Å². The predicted molar refractivity (Wildman–Crippen MR) is 52.7 cm³/mol. The quantitative estimate of drug-likeness (QED) is 0.614. The Labute approximate surface area is 79.0 Å². The van der Waals surface area contributed by atoms with Crippen LogP contribution in [0.4, 0.5) is 4.79 Å². The highest BCUT2D eigenvalue weighted by Gasteiger charge is 2.18. The van der Waals surface area contributed by atoms with Crippen molar-refractivity contribution in [3.05, 3.63) is 0 Å². The summed E-state index contributed by atoms with van der Waals surface area (Å²) in [5.74, 6) is 0.530. The van der Waals surface area contributed by atoms with Crippen LogP contribution >= 0.6 is 0 Å². The third kappa shape index (κ3) is 2.72. The summed E-state index contributed by atoms with van der Waals surface area (Å²) in [6.07, 6.45) is 3.41. The molecule has 1 aliphatic rings. The Kier molecular flexibility index (Phi) is 3.28. The second-order valence-electron chi connectivity index (χ2n) is 3.71. The van der Waals surface area contributed by atoms with Crippen LogP contribution in [0.5, 0.6) is 0 Å². The number of nitrogens with one attached hydrogen (secondary N) is 1. The van der Waals surface area contributed by atoms with Gasteiger partial charge in [0.05, 0.1) is 0 Å². The molecule has 0 spiro atoms. The molecular formula is C9H17N3O. The first-order chi connectivity index (χ1) is 6.11. The van der Waals surface area contributed by atoms with E-state index in [4.69, 9.17) is 0 Å². The van der Waals surface area contributed by atoms with Crippen molar-refractivity contribution in [1.82, 2.24) is 10.3 Å². The molecule has 0 aromatic rings. The molecule has 1 saturated carbocycles. The highest BCUT2D eigenvalue weighted by atomic mass is 16.2. The third-order valence-corrected chi connectivity index (χ3v) is 2.34. The third-order valence-electron chi connectivity index (χ3n) is 2.34. The van der Waals surface area contributed by atoms with Crippen molar-refractivity contribution in [2.45, 2.75) is 26.2 Å². The predicted octanol–water partition coefficient (Wildman–Crippen LogP) is 1.43. The van der Waals surface area contributed by atoms with Crippen molar-refractivity contribution in [3.8, 4) is 0 Å². The van der Waals surface area contributed by atoms with Gasteiger partial charge in [0, 0.05) is 19.8 Å². The first kappa shape index (κ1) is 10.0. The van der Waals surface area contributed by atoms with Crippen LogP contribution in [-0.4, -0.2) is 30.7 Å². The van der Waals surface area contributed by atoms with Crippen LogP contribution < -0.4 is 5.43 Å². The Morgan fingerprint density at radius 2 is 2.31 bits per heavy atom. The number of carbonyl (C=O) groups excluding carboxylic acids is 1. The van der Waals surface area contributed by atoms with E-state index in [1.54, 1.807) is 14.1 Å². The Bertz CT molecular complexity index is 223. The van der Waals surface area contributed by atoms with E-state index in [9.17, 15) is 4.79 Å². The highest BCUT2D eigenvalue weighted by molar-refractivity contribution is 5.89. The fourth-order valence-corrected chi connectivity index (χ4v) is 1.39. The zero-order valence-electron chi connectivity index (χ0n) is 8.50. The number of carbonyl (C=O) groups is 1. The summed E-state index contributed by atoms with van der Waals surface area (Å²) in [5.41, 5.74) is 3.65. The van der Waals surface area contributed by atoms with Crippen molar-refractivity contribution in [2.24, 2.45) is 11.0 Å². The van der Waals surface area contributed by atoms with Gasteiger partial charge in [0.25, 0.3) is 0 Å². The topological polar surface area (TPSA) is 44.7 Å². The van der Waals surface area contributed by atoms with E-state index in [-0.39, 0.29) is 6.03 Å². The standard InChI is InChI=1S/C9H17N3O/c1-7-5-4-6-8(7)10-11-9(13)12(2)3/h7H,4-6H2,1-3H3,(H,11,13)/b10-8-. The number of hydrogen-bond donors (Lipinski definition) is 1. The van der Waals surface area contributed by atoms with Gasteiger partial charge in [-0.05, 0) is 25.2 Å². The molecule has 1 rings (SSSR count). The molecule has 2 amide bonds. The molecule has 1 N–H and O–H groups in total. The lowest BCUT2D eigenvalue weighted by Crippen LogP contribution is -2.32. The molecule has 0 bridgehead atoms. The van der Waals surface area contributed by atoms with Crippen LogP contribution in [0, 0.1) is 5.92 Å². The smallest absolute Gasteiger partial charge is 0.329 e. The van der Waals surface area contributed by atoms with Gasteiger partial charge in [-0.15, -0.1) is 0 Å². The van der Waals surface area contributed by atoms with Crippen LogP contribution in [0.2, 0.25) is 0 Å². The lowest BCUT2D eigenvalue weighted by molar-refractivity contribution is 0.218. The van der Waals surface area contributed by atoms with Crippen molar-refractivity contribution in [3.63, 3.8) is 0 Å². The molecule has 74 valence electrons. The molecule has 1 fully saturated rings. The van der Waals surface area contributed by atoms with E-state index < -0.39 is 0 Å². The van der Waals surface area contributed by atoms with E-state index in [0.29, 0.717) is 5.92 Å². The largest absolute Gasteiger partial charge is 0.337 e. The normalized spacial score (nSPS) is 24.8. The molecule has 13 heavy (non-hydrogen) atoms. The summed E-state index contributed by atoms with van der Waals surface area (Å²) in [6.45, 7) is 2.15. The summed E-state index contributed by atoms with van der Waals surface area (Å²) in [4.78, 5) is 12.6. The molecule has 1 unspecified atom stereocenters. The maximum atomic E-state index is 11.1. The average Bonchev–Trinajstić information content (AvgIpc) is 2.47. The number of urea groups is 1. The molecule has 4 heteroatoms. The van der Waals surface area contributed by atoms with E-state index in [1.807, 2.05) is 0 Å². The number of rotatable bonds is 1. The first-order valence-electron chi connectivity index (χ1n) is 4.65. The molecule has 1 aliphatic carbocycles. The zero-order valence-corrected chi connectivity index (χ0v) is 8.50. The number of hydrogen-bond acceptors (Lipinski definition) is 2. The minimum atomic E-state index is -0.161. The summed E-state index contributed by atoms with van der Waals surface area (Å²) in [6, 6.07) is -0.161. The van der Waals surface area contributed by atoms with Gasteiger partial charge in [-0.25, -0.2) is 10.2 Å². The van der Waals surface area contributed by atoms with Gasteiger partial charge in [0.15, 0.2) is 0 Å². The fourth-order valence-electron chi connectivity index (χ4n) is 1.39. The van der Waals surface area contributed by atoms with Gasteiger partial charge in [0.2, 0.25) is 0 Å². The molecule has 1 atom stereocenters. The van der Waals surface area contributed by atoms with E-state index in [2.05, 4.69) is 17.5 Å². The Morgan fingerprint density at radius 1 is 1.62 bits per heavy atom. The lowest BCUT2D eigenvalue weighted by Gasteiger charge is -2.09. The maximum Gasteiger partial charge on any atom is 0.337 e. The molecule has 4 nitrogen and oxygen atoms in total. The van der Waals surface area contributed by atoms with Gasteiger partial charge < -0.3 is 4.90 Å². The summed E-state index contributed by atoms with van der Waals surface area (Å²) >= 11 is 0. The van der Waals surface area contributed by atoms with Crippen LogP contribution in [0.25, 0.3) is 0 Å². The summed E-state index contributed by atoms with van der Waals surface area (Å²) in [5, 5.41) is 4.10. The molecule has 0 heterocycles. The first-order valence-corrected chi connectivity index (χ1v) is 4.65. The maximum absolute atomic E-state index is 11.1. The zero-order chi connectivity index (χ0) is 9.84. The Hall–Kier alpha value is -1.06. The van der Waals surface area contributed by atoms with Crippen molar-refractivity contribution >= 4 is 11.7 Å². The second-order valence-corrected chi connectivity index (χ2v) is 3.71. The van der Waals surface area contributed by atoms with Crippen molar-refractivity contribution in [1.29, 1.82) is 0 Å². The van der Waals surface area contributed by atoms with Crippen molar-refractivity contribution < 1.29 is 4.79 Å². The van der Waals surface area contributed by atoms with Crippen LogP contribution in [-0.2, 0) is 0 Å². The minimum Gasteiger partial charge on any atom is -0.329 e. The summed E-state index contributed by atoms with van der Waals surface area (Å²) < 4.78 is 0. The Balaban J connectivity index is 2.43. The average molecular weight is 183 g/mol. The lowest BCUT2D eigenvalue weighted by atomic mass is 10.1. The van der Waals surface area contributed by atoms with E-state index in [1.165, 1.54) is 17.7 Å². The van der Waals surface area contributed by atoms with Gasteiger partial charge in [-0.3, -0.25) is 0 Å². The second kappa shape index (κ2) is 4.25. The van der Waals surface area contributed by atoms with E-state index in [0.717, 1.165) is 12.1 Å². The molecule has 0 aromatic heterocycles. The fraction of sp³-hybridized carbons (Fsp3) is 0.778. The van der Waals surface area contributed by atoms with Crippen LogP contribution in [0.1, 0.15) is 26.2 Å². The Morgan fingerprint density at radius 3 is 2.77 bits per heavy atom. The minimum absolute atomic E-state index is 0.161. The molecule has 0 aliphatic heterocycles. The monoisotopic (exact) mass is 183 g/mol. The molecule has 0 saturated heterocycles. The van der Waals surface area contributed by atoms with Crippen LogP contribution in [0.15, 0.2) is 5.10 Å². The van der Waals surface area contributed by atoms with Crippen molar-refractivity contribution in [2.75, 3.05) is 14.1 Å². The van der Waals surface area contributed by atoms with Gasteiger partial charge >= 0.3 is 6.03 Å². The molecule has 0 aromatic carbocycles. The number of hydrazone groups is 1. The highest BCUT2D eigenvalue weighted by Crippen LogP contribution is 2.21. The molecular weight excluding hydrogens is 166 g/mol. The SMILES string of the molecule is CC1CCC/C1=N/NC(=O)N(C)C. The molecule has 0 radical (unpaired) electrons. The van der Waals surface area contributed by atoms with Crippen LogP contribution in [0.3, 0.4) is 0 Å². The van der Waals surface area contributed by atoms with Gasteiger partial charge in [-0.2, -0.15) is 5.10 Å².